The van der Waals surface area contributed by atoms with E-state index < -0.39 is 6.10 Å². The van der Waals surface area contributed by atoms with Crippen LogP contribution in [0.25, 0.3) is 0 Å². The van der Waals surface area contributed by atoms with E-state index in [1.807, 2.05) is 35.0 Å². The van der Waals surface area contributed by atoms with Gasteiger partial charge in [0.05, 0.1) is 22.2 Å². The van der Waals surface area contributed by atoms with Crippen LogP contribution in [-0.4, -0.2) is 19.4 Å². The fraction of sp³-hybridized carbons (Fsp3) is 0.267. The molecule has 0 bridgehead atoms. The average molecular weight is 307 g/mol. The molecule has 0 spiro atoms. The van der Waals surface area contributed by atoms with Crippen LogP contribution in [0.1, 0.15) is 18.1 Å². The van der Waals surface area contributed by atoms with Crippen molar-refractivity contribution in [1.29, 1.82) is 0 Å². The Kier molecular flexibility index (Phi) is 3.63. The maximum absolute atomic E-state index is 10.8. The van der Waals surface area contributed by atoms with Gasteiger partial charge in [-0.25, -0.2) is 4.98 Å². The normalized spacial score (nSPS) is 24.6. The highest BCUT2D eigenvalue weighted by molar-refractivity contribution is 8.01. The summed E-state index contributed by atoms with van der Waals surface area (Å²) in [6.45, 7) is 4.50. The number of halogens is 1. The van der Waals surface area contributed by atoms with E-state index in [4.69, 9.17) is 11.6 Å². The number of nitrogens with zero attached hydrogens (tertiary/aromatic N) is 2. The van der Waals surface area contributed by atoms with Gasteiger partial charge in [-0.05, 0) is 18.1 Å². The van der Waals surface area contributed by atoms with E-state index in [2.05, 4.69) is 11.6 Å². The monoisotopic (exact) mass is 306 g/mol. The summed E-state index contributed by atoms with van der Waals surface area (Å²) in [4.78, 5) is 5.04. The number of aliphatic hydroxyl groups is 1. The summed E-state index contributed by atoms with van der Waals surface area (Å²) in [5.74, 6) is 0. The molecule has 2 heterocycles. The summed E-state index contributed by atoms with van der Waals surface area (Å²) < 4.78 is 1.61. The van der Waals surface area contributed by atoms with Crippen molar-refractivity contribution >= 4 is 23.4 Å². The highest BCUT2D eigenvalue weighted by atomic mass is 35.5. The second-order valence-corrected chi connectivity index (χ2v) is 6.79. The first-order valence-electron chi connectivity index (χ1n) is 6.38. The van der Waals surface area contributed by atoms with Gasteiger partial charge in [0, 0.05) is 23.8 Å². The van der Waals surface area contributed by atoms with E-state index in [0.717, 1.165) is 10.5 Å². The van der Waals surface area contributed by atoms with Crippen LogP contribution in [0, 0.1) is 0 Å². The largest absolute Gasteiger partial charge is 0.387 e. The maximum Gasteiger partial charge on any atom is 0.0971 e. The first-order valence-corrected chi connectivity index (χ1v) is 7.58. The van der Waals surface area contributed by atoms with Crippen LogP contribution < -0.4 is 0 Å². The molecule has 2 unspecified atom stereocenters. The lowest BCUT2D eigenvalue weighted by molar-refractivity contribution is 0.123. The summed E-state index contributed by atoms with van der Waals surface area (Å²) in [5.41, 5.74) is 0.907. The molecule has 0 amide bonds. The summed E-state index contributed by atoms with van der Waals surface area (Å²) in [6, 6.07) is 5.69. The smallest absolute Gasteiger partial charge is 0.0971 e. The van der Waals surface area contributed by atoms with Gasteiger partial charge in [0.2, 0.25) is 0 Å². The van der Waals surface area contributed by atoms with Gasteiger partial charge in [0.25, 0.3) is 0 Å². The van der Waals surface area contributed by atoms with Gasteiger partial charge >= 0.3 is 0 Å². The third-order valence-corrected chi connectivity index (χ3v) is 5.61. The first kappa shape index (κ1) is 13.7. The Morgan fingerprint density at radius 2 is 2.40 bits per heavy atom. The second-order valence-electron chi connectivity index (χ2n) is 4.96. The lowest BCUT2D eigenvalue weighted by Crippen LogP contribution is -2.33. The molecule has 104 valence electrons. The van der Waals surface area contributed by atoms with E-state index in [1.165, 1.54) is 0 Å². The second kappa shape index (κ2) is 5.28. The van der Waals surface area contributed by atoms with Crippen LogP contribution in [0.4, 0.5) is 0 Å². The molecule has 0 saturated carbocycles. The lowest BCUT2D eigenvalue weighted by atomic mass is 9.92. The van der Waals surface area contributed by atoms with Crippen LogP contribution in [-0.2, 0) is 6.54 Å². The van der Waals surface area contributed by atoms with Crippen LogP contribution in [0.3, 0.4) is 0 Å². The standard InChI is InChI=1S/C15H15ClN2OS/c1-2-6-15(9-18-8-7-17-10-18)14(19)11-4-3-5-12(16)13(11)20-15/h2-5,7-8,10,14,19H,1,6,9H2. The molecule has 2 aromatic rings. The highest BCUT2D eigenvalue weighted by Gasteiger charge is 2.46. The minimum atomic E-state index is -0.568. The number of aromatic nitrogens is 2. The van der Waals surface area contributed by atoms with Crippen molar-refractivity contribution in [1.82, 2.24) is 9.55 Å². The van der Waals surface area contributed by atoms with Gasteiger partial charge in [-0.15, -0.1) is 18.3 Å². The molecule has 1 aromatic carbocycles. The van der Waals surface area contributed by atoms with Crippen molar-refractivity contribution in [2.45, 2.75) is 28.7 Å². The molecular weight excluding hydrogens is 292 g/mol. The molecule has 3 rings (SSSR count). The quantitative estimate of drug-likeness (QED) is 0.876. The van der Waals surface area contributed by atoms with Crippen LogP contribution >= 0.6 is 23.4 Å². The SMILES string of the molecule is C=CCC1(Cn2ccnc2)Sc2c(Cl)cccc2C1O. The fourth-order valence-corrected chi connectivity index (χ4v) is 4.48. The van der Waals surface area contributed by atoms with E-state index >= 15 is 0 Å². The lowest BCUT2D eigenvalue weighted by Gasteiger charge is -2.31. The third kappa shape index (κ3) is 2.18. The summed E-state index contributed by atoms with van der Waals surface area (Å²) in [5, 5.41) is 11.5. The van der Waals surface area contributed by atoms with Crippen molar-refractivity contribution in [3.05, 3.63) is 60.2 Å². The Hall–Kier alpha value is -1.23. The average Bonchev–Trinajstić information content (AvgIpc) is 3.01. The molecule has 1 aliphatic heterocycles. The van der Waals surface area contributed by atoms with Gasteiger partial charge in [0.15, 0.2) is 0 Å². The molecule has 5 heteroatoms. The van der Waals surface area contributed by atoms with E-state index in [0.29, 0.717) is 18.0 Å². The summed E-state index contributed by atoms with van der Waals surface area (Å²) in [6.07, 6.45) is 7.40. The number of allylic oxidation sites excluding steroid dienone is 1. The number of benzene rings is 1. The van der Waals surface area contributed by atoms with Gasteiger partial charge in [-0.1, -0.05) is 29.8 Å². The van der Waals surface area contributed by atoms with Crippen LogP contribution in [0.2, 0.25) is 5.02 Å². The summed E-state index contributed by atoms with van der Waals surface area (Å²) in [7, 11) is 0. The number of hydrogen-bond acceptors (Lipinski definition) is 3. The van der Waals surface area contributed by atoms with Crippen molar-refractivity contribution in [2.75, 3.05) is 0 Å². The minimum absolute atomic E-state index is 0.379. The Morgan fingerprint density at radius 3 is 3.05 bits per heavy atom. The zero-order chi connectivity index (χ0) is 14.2. The Bertz CT molecular complexity index is 629. The predicted octanol–water partition coefficient (Wildman–Crippen LogP) is 3.69. The van der Waals surface area contributed by atoms with Crippen LogP contribution in [0.15, 0.2) is 54.5 Å². The molecule has 0 saturated heterocycles. The molecule has 0 radical (unpaired) electrons. The molecule has 1 N–H and O–H groups in total. The van der Waals surface area contributed by atoms with E-state index in [9.17, 15) is 5.11 Å². The van der Waals surface area contributed by atoms with E-state index in [1.54, 1.807) is 24.3 Å². The first-order chi connectivity index (χ1) is 9.66. The number of imidazole rings is 1. The van der Waals surface area contributed by atoms with Gasteiger partial charge < -0.3 is 9.67 Å². The number of rotatable bonds is 4. The molecule has 3 nitrogen and oxygen atoms in total. The Labute approximate surface area is 127 Å². The molecule has 1 aliphatic rings. The van der Waals surface area contributed by atoms with Crippen molar-refractivity contribution in [2.24, 2.45) is 0 Å². The molecule has 1 aromatic heterocycles. The Morgan fingerprint density at radius 1 is 1.55 bits per heavy atom. The molecule has 20 heavy (non-hydrogen) atoms. The molecular formula is C15H15ClN2OS. The van der Waals surface area contributed by atoms with Crippen LogP contribution in [0.5, 0.6) is 0 Å². The highest BCUT2D eigenvalue weighted by Crippen LogP contribution is 2.56. The fourth-order valence-electron chi connectivity index (χ4n) is 2.66. The van der Waals surface area contributed by atoms with Crippen molar-refractivity contribution in [3.63, 3.8) is 0 Å². The van der Waals surface area contributed by atoms with Crippen molar-refractivity contribution < 1.29 is 5.11 Å². The minimum Gasteiger partial charge on any atom is -0.387 e. The van der Waals surface area contributed by atoms with Gasteiger partial charge in [-0.3, -0.25) is 0 Å². The Balaban J connectivity index is 2.01. The topological polar surface area (TPSA) is 38.0 Å². The molecule has 2 atom stereocenters. The zero-order valence-electron chi connectivity index (χ0n) is 10.9. The zero-order valence-corrected chi connectivity index (χ0v) is 12.4. The number of thioether (sulfide) groups is 1. The molecule has 0 aliphatic carbocycles. The number of hydrogen-bond donors (Lipinski definition) is 1. The third-order valence-electron chi connectivity index (χ3n) is 3.59. The van der Waals surface area contributed by atoms with Crippen molar-refractivity contribution in [3.8, 4) is 0 Å². The van der Waals surface area contributed by atoms with Gasteiger partial charge in [-0.2, -0.15) is 0 Å². The number of aliphatic hydroxyl groups excluding tert-OH is 1. The number of fused-ring (bicyclic) bond motifs is 1. The molecule has 0 fully saturated rings. The maximum atomic E-state index is 10.8. The predicted molar refractivity (Wildman–Crippen MR) is 82.0 cm³/mol. The summed E-state index contributed by atoms with van der Waals surface area (Å²) >= 11 is 7.91. The van der Waals surface area contributed by atoms with Gasteiger partial charge in [0.1, 0.15) is 0 Å². The van der Waals surface area contributed by atoms with E-state index in [-0.39, 0.29) is 4.75 Å².